The Hall–Kier alpha value is -3.00. The fourth-order valence-corrected chi connectivity index (χ4v) is 3.25. The van der Waals surface area contributed by atoms with Gasteiger partial charge in [-0.15, -0.1) is 10.2 Å². The van der Waals surface area contributed by atoms with Crippen LogP contribution in [0.4, 0.5) is 0 Å². The number of aromatic amines is 1. The molecular weight excluding hydrogens is 336 g/mol. The molecule has 7 nitrogen and oxygen atoms in total. The molecule has 4 rings (SSSR count). The number of imidazole rings is 1. The molecule has 0 amide bonds. The van der Waals surface area contributed by atoms with Gasteiger partial charge in [0.15, 0.2) is 5.82 Å². The summed E-state index contributed by atoms with van der Waals surface area (Å²) in [6.07, 6.45) is 0. The van der Waals surface area contributed by atoms with Gasteiger partial charge in [-0.1, -0.05) is 23.9 Å². The van der Waals surface area contributed by atoms with E-state index in [0.717, 1.165) is 28.2 Å². The predicted octanol–water partition coefficient (Wildman–Crippen LogP) is 2.84. The fourth-order valence-electron chi connectivity index (χ4n) is 2.52. The second kappa shape index (κ2) is 6.48. The Morgan fingerprint density at radius 2 is 1.92 bits per heavy atom. The van der Waals surface area contributed by atoms with Crippen molar-refractivity contribution < 1.29 is 4.74 Å². The number of para-hydroxylation sites is 2. The summed E-state index contributed by atoms with van der Waals surface area (Å²) in [4.78, 5) is 7.85. The lowest BCUT2D eigenvalue weighted by atomic mass is 10.2. The fraction of sp³-hybridized carbons (Fsp3) is 0.118. The Morgan fingerprint density at radius 3 is 2.68 bits per heavy atom. The highest BCUT2D eigenvalue weighted by atomic mass is 32.2. The number of nitrogens with zero attached hydrogens (tertiary/aromatic N) is 4. The highest BCUT2D eigenvalue weighted by Gasteiger charge is 2.13. The number of aromatic nitrogens is 5. The maximum atomic E-state index is 6.15. The first kappa shape index (κ1) is 15.5. The van der Waals surface area contributed by atoms with Gasteiger partial charge in [0.25, 0.3) is 0 Å². The molecule has 0 atom stereocenters. The summed E-state index contributed by atoms with van der Waals surface area (Å²) in [6, 6.07) is 15.5. The van der Waals surface area contributed by atoms with Crippen molar-refractivity contribution in [3.63, 3.8) is 0 Å². The third-order valence-electron chi connectivity index (χ3n) is 3.79. The van der Waals surface area contributed by atoms with Crippen molar-refractivity contribution in [1.29, 1.82) is 0 Å². The van der Waals surface area contributed by atoms with Gasteiger partial charge in [0.2, 0.25) is 5.16 Å². The molecule has 0 saturated heterocycles. The Morgan fingerprint density at radius 1 is 1.12 bits per heavy atom. The summed E-state index contributed by atoms with van der Waals surface area (Å²) in [6.45, 7) is 0. The Bertz CT molecular complexity index is 975. The van der Waals surface area contributed by atoms with Crippen LogP contribution in [0.25, 0.3) is 22.4 Å². The number of nitrogens with one attached hydrogen (secondary N) is 1. The van der Waals surface area contributed by atoms with Crippen molar-refractivity contribution in [2.75, 3.05) is 13.0 Å². The third-order valence-corrected chi connectivity index (χ3v) is 4.74. The van der Waals surface area contributed by atoms with Crippen LogP contribution in [0.2, 0.25) is 0 Å². The van der Waals surface area contributed by atoms with Crippen LogP contribution in [0.1, 0.15) is 5.82 Å². The number of ether oxygens (including phenoxy) is 1. The van der Waals surface area contributed by atoms with E-state index in [1.54, 1.807) is 7.11 Å². The molecule has 8 heteroatoms. The smallest absolute Gasteiger partial charge is 0.210 e. The van der Waals surface area contributed by atoms with E-state index in [2.05, 4.69) is 20.2 Å². The molecule has 2 aromatic carbocycles. The van der Waals surface area contributed by atoms with Crippen LogP contribution in [0.5, 0.6) is 5.75 Å². The number of hydrogen-bond donors (Lipinski definition) is 2. The summed E-state index contributed by atoms with van der Waals surface area (Å²) < 4.78 is 6.66. The molecule has 4 aromatic rings. The summed E-state index contributed by atoms with van der Waals surface area (Å²) in [7, 11) is 1.63. The Balaban J connectivity index is 1.52. The van der Waals surface area contributed by atoms with E-state index in [9.17, 15) is 0 Å². The van der Waals surface area contributed by atoms with Crippen molar-refractivity contribution in [2.24, 2.45) is 0 Å². The van der Waals surface area contributed by atoms with Crippen molar-refractivity contribution in [3.8, 4) is 17.1 Å². The van der Waals surface area contributed by atoms with E-state index >= 15 is 0 Å². The number of fused-ring (bicyclic) bond motifs is 1. The van der Waals surface area contributed by atoms with E-state index in [4.69, 9.17) is 10.6 Å². The molecule has 0 aliphatic carbocycles. The first-order valence-corrected chi connectivity index (χ1v) is 8.64. The molecule has 126 valence electrons. The number of H-pyrrole nitrogens is 1. The largest absolute Gasteiger partial charge is 0.497 e. The van der Waals surface area contributed by atoms with Crippen LogP contribution in [0.15, 0.2) is 53.7 Å². The number of rotatable bonds is 5. The molecule has 0 saturated carbocycles. The van der Waals surface area contributed by atoms with Crippen LogP contribution in [0, 0.1) is 0 Å². The van der Waals surface area contributed by atoms with E-state index in [-0.39, 0.29) is 0 Å². The molecule has 3 N–H and O–H groups in total. The van der Waals surface area contributed by atoms with Crippen molar-refractivity contribution >= 4 is 22.8 Å². The normalized spacial score (nSPS) is 11.1. The summed E-state index contributed by atoms with van der Waals surface area (Å²) in [5.41, 5.74) is 2.85. The predicted molar refractivity (Wildman–Crippen MR) is 97.8 cm³/mol. The third kappa shape index (κ3) is 3.03. The van der Waals surface area contributed by atoms with Crippen molar-refractivity contribution in [3.05, 3.63) is 54.4 Å². The Labute approximate surface area is 148 Å². The molecule has 0 unspecified atom stereocenters. The molecule has 0 fully saturated rings. The molecule has 2 heterocycles. The minimum absolute atomic E-state index is 0.606. The number of thioether (sulfide) groups is 1. The molecule has 0 aliphatic rings. The SMILES string of the molecule is COc1ccc(-c2nnc(SCc3nc4ccccc4[nH]3)n2N)cc1. The second-order valence-electron chi connectivity index (χ2n) is 5.39. The molecule has 2 aromatic heterocycles. The van der Waals surface area contributed by atoms with E-state index < -0.39 is 0 Å². The number of hydrogen-bond acceptors (Lipinski definition) is 6. The molecule has 0 bridgehead atoms. The van der Waals surface area contributed by atoms with Crippen LogP contribution >= 0.6 is 11.8 Å². The standard InChI is InChI=1S/C17H16N6OS/c1-24-12-8-6-11(7-9-12)16-21-22-17(23(16)18)25-10-15-19-13-4-2-3-5-14(13)20-15/h2-9H,10,18H2,1H3,(H,19,20). The maximum absolute atomic E-state index is 6.15. The van der Waals surface area contributed by atoms with Crippen LogP contribution in [-0.2, 0) is 5.75 Å². The van der Waals surface area contributed by atoms with Crippen LogP contribution < -0.4 is 10.6 Å². The molecular formula is C17H16N6OS. The van der Waals surface area contributed by atoms with Crippen LogP contribution in [0.3, 0.4) is 0 Å². The average molecular weight is 352 g/mol. The Kier molecular flexibility index (Phi) is 4.02. The van der Waals surface area contributed by atoms with E-state index in [1.807, 2.05) is 48.5 Å². The van der Waals surface area contributed by atoms with Gasteiger partial charge in [0.05, 0.1) is 23.9 Å². The molecule has 0 radical (unpaired) electrons. The lowest BCUT2D eigenvalue weighted by Gasteiger charge is -2.04. The van der Waals surface area contributed by atoms with Gasteiger partial charge in [0.1, 0.15) is 11.6 Å². The van der Waals surface area contributed by atoms with Crippen LogP contribution in [-0.4, -0.2) is 32.0 Å². The lowest BCUT2D eigenvalue weighted by molar-refractivity contribution is 0.415. The zero-order chi connectivity index (χ0) is 17.2. The van der Waals surface area contributed by atoms with Gasteiger partial charge in [-0.2, -0.15) is 0 Å². The van der Waals surface area contributed by atoms with E-state index in [0.29, 0.717) is 16.7 Å². The van der Waals surface area contributed by atoms with Gasteiger partial charge in [-0.05, 0) is 36.4 Å². The van der Waals surface area contributed by atoms with Crippen molar-refractivity contribution in [1.82, 2.24) is 24.8 Å². The lowest BCUT2D eigenvalue weighted by Crippen LogP contribution is -2.11. The zero-order valence-corrected chi connectivity index (χ0v) is 14.3. The van der Waals surface area contributed by atoms with Gasteiger partial charge < -0.3 is 15.6 Å². The minimum atomic E-state index is 0.606. The number of nitrogen functional groups attached to an aromatic ring is 1. The monoisotopic (exact) mass is 352 g/mol. The zero-order valence-electron chi connectivity index (χ0n) is 13.5. The quantitative estimate of drug-likeness (QED) is 0.424. The summed E-state index contributed by atoms with van der Waals surface area (Å²) in [5.74, 6) is 9.05. The average Bonchev–Trinajstić information content (AvgIpc) is 3.23. The van der Waals surface area contributed by atoms with Gasteiger partial charge in [-0.3, -0.25) is 0 Å². The molecule has 0 spiro atoms. The van der Waals surface area contributed by atoms with Gasteiger partial charge in [-0.25, -0.2) is 9.66 Å². The second-order valence-corrected chi connectivity index (χ2v) is 6.34. The highest BCUT2D eigenvalue weighted by molar-refractivity contribution is 7.98. The highest BCUT2D eigenvalue weighted by Crippen LogP contribution is 2.25. The number of nitrogens with two attached hydrogens (primary N) is 1. The molecule has 0 aliphatic heterocycles. The number of benzene rings is 2. The molecule has 25 heavy (non-hydrogen) atoms. The summed E-state index contributed by atoms with van der Waals surface area (Å²) in [5, 5.41) is 9.00. The first-order valence-electron chi connectivity index (χ1n) is 7.66. The first-order chi connectivity index (χ1) is 12.2. The van der Waals surface area contributed by atoms with Gasteiger partial charge >= 0.3 is 0 Å². The van der Waals surface area contributed by atoms with E-state index in [1.165, 1.54) is 16.4 Å². The minimum Gasteiger partial charge on any atom is -0.497 e. The van der Waals surface area contributed by atoms with Gasteiger partial charge in [0, 0.05) is 5.56 Å². The summed E-state index contributed by atoms with van der Waals surface area (Å²) >= 11 is 1.48. The number of methoxy groups -OCH3 is 1. The maximum Gasteiger partial charge on any atom is 0.210 e. The van der Waals surface area contributed by atoms with Crippen molar-refractivity contribution in [2.45, 2.75) is 10.9 Å². The topological polar surface area (TPSA) is 94.6 Å².